The van der Waals surface area contributed by atoms with Crippen molar-refractivity contribution in [2.45, 2.75) is 6.42 Å². The molecule has 1 saturated heterocycles. The average molecular weight is 156 g/mol. The third-order valence-electron chi connectivity index (χ3n) is 1.68. The molecule has 4 heteroatoms. The maximum atomic E-state index is 10.8. The normalized spacial score (nSPS) is 19.5. The monoisotopic (exact) mass is 156 g/mol. The third-order valence-corrected chi connectivity index (χ3v) is 1.68. The Morgan fingerprint density at radius 2 is 2.45 bits per heavy atom. The molecule has 1 aliphatic rings. The SMILES string of the molecule is O=CCCN1CCNC(=O)C1. The van der Waals surface area contributed by atoms with Gasteiger partial charge in [-0.15, -0.1) is 0 Å². The summed E-state index contributed by atoms with van der Waals surface area (Å²) in [5, 5.41) is 2.72. The first-order chi connectivity index (χ1) is 5.33. The first-order valence-corrected chi connectivity index (χ1v) is 3.75. The molecule has 0 aromatic rings. The molecule has 0 bridgehead atoms. The van der Waals surface area contributed by atoms with E-state index in [4.69, 9.17) is 0 Å². The Hall–Kier alpha value is -0.900. The van der Waals surface area contributed by atoms with Crippen molar-refractivity contribution in [3.8, 4) is 0 Å². The minimum atomic E-state index is 0.0575. The number of amides is 1. The fourth-order valence-electron chi connectivity index (χ4n) is 1.12. The fraction of sp³-hybridized carbons (Fsp3) is 0.714. The van der Waals surface area contributed by atoms with E-state index in [0.29, 0.717) is 26.1 Å². The molecular formula is C7H12N2O2. The van der Waals surface area contributed by atoms with Crippen molar-refractivity contribution < 1.29 is 9.59 Å². The predicted octanol–water partition coefficient (Wildman–Crippen LogP) is -0.993. The van der Waals surface area contributed by atoms with Gasteiger partial charge in [0.25, 0.3) is 0 Å². The van der Waals surface area contributed by atoms with Crippen LogP contribution in [0.1, 0.15) is 6.42 Å². The standard InChI is InChI=1S/C7H12N2O2/c10-5-1-3-9-4-2-8-7(11)6-9/h5H,1-4,6H2,(H,8,11). The number of hydrogen-bond acceptors (Lipinski definition) is 3. The van der Waals surface area contributed by atoms with Gasteiger partial charge >= 0.3 is 0 Å². The number of hydrogen-bond donors (Lipinski definition) is 1. The molecule has 1 N–H and O–H groups in total. The number of carbonyl (C=O) groups is 2. The highest BCUT2D eigenvalue weighted by atomic mass is 16.2. The van der Waals surface area contributed by atoms with Crippen LogP contribution in [0.4, 0.5) is 0 Å². The van der Waals surface area contributed by atoms with E-state index in [2.05, 4.69) is 5.32 Å². The quantitative estimate of drug-likeness (QED) is 0.534. The summed E-state index contributed by atoms with van der Waals surface area (Å²) in [6.07, 6.45) is 1.40. The second-order valence-electron chi connectivity index (χ2n) is 2.58. The Bertz CT molecular complexity index is 159. The zero-order valence-corrected chi connectivity index (χ0v) is 6.38. The molecule has 11 heavy (non-hydrogen) atoms. The zero-order chi connectivity index (χ0) is 8.10. The molecule has 0 unspecified atom stereocenters. The van der Waals surface area contributed by atoms with Crippen LogP contribution in [0.2, 0.25) is 0 Å². The smallest absolute Gasteiger partial charge is 0.234 e. The molecular weight excluding hydrogens is 144 g/mol. The minimum Gasteiger partial charge on any atom is -0.354 e. The average Bonchev–Trinajstić information content (AvgIpc) is 2.01. The molecule has 1 rings (SSSR count). The van der Waals surface area contributed by atoms with Gasteiger partial charge in [-0.05, 0) is 0 Å². The maximum Gasteiger partial charge on any atom is 0.234 e. The highest BCUT2D eigenvalue weighted by molar-refractivity contribution is 5.78. The van der Waals surface area contributed by atoms with Gasteiger partial charge in [0, 0.05) is 26.1 Å². The van der Waals surface area contributed by atoms with Crippen molar-refractivity contribution in [2.24, 2.45) is 0 Å². The van der Waals surface area contributed by atoms with E-state index in [0.717, 1.165) is 12.8 Å². The van der Waals surface area contributed by atoms with Crippen LogP contribution in [0.5, 0.6) is 0 Å². The highest BCUT2D eigenvalue weighted by Gasteiger charge is 2.14. The summed E-state index contributed by atoms with van der Waals surface area (Å²) in [6.45, 7) is 2.71. The third kappa shape index (κ3) is 2.67. The molecule has 0 atom stereocenters. The lowest BCUT2D eigenvalue weighted by Gasteiger charge is -2.25. The van der Waals surface area contributed by atoms with Gasteiger partial charge in [-0.2, -0.15) is 0 Å². The number of nitrogens with zero attached hydrogens (tertiary/aromatic N) is 1. The van der Waals surface area contributed by atoms with Crippen LogP contribution in [0, 0.1) is 0 Å². The van der Waals surface area contributed by atoms with Crippen molar-refractivity contribution >= 4 is 12.2 Å². The number of piperazine rings is 1. The van der Waals surface area contributed by atoms with Gasteiger partial charge in [-0.1, -0.05) is 0 Å². The summed E-state index contributed by atoms with van der Waals surface area (Å²) in [5.74, 6) is 0.0575. The number of rotatable bonds is 3. The van der Waals surface area contributed by atoms with Crippen LogP contribution >= 0.6 is 0 Å². The van der Waals surface area contributed by atoms with E-state index in [1.807, 2.05) is 4.90 Å². The Morgan fingerprint density at radius 3 is 3.09 bits per heavy atom. The van der Waals surface area contributed by atoms with Crippen LogP contribution in [-0.4, -0.2) is 43.3 Å². The number of nitrogens with one attached hydrogen (secondary N) is 1. The molecule has 0 saturated carbocycles. The van der Waals surface area contributed by atoms with Crippen molar-refractivity contribution in [3.05, 3.63) is 0 Å². The van der Waals surface area contributed by atoms with Gasteiger partial charge in [-0.25, -0.2) is 0 Å². The van der Waals surface area contributed by atoms with E-state index in [-0.39, 0.29) is 5.91 Å². The molecule has 1 heterocycles. The Labute approximate surface area is 65.6 Å². The fourth-order valence-corrected chi connectivity index (χ4v) is 1.12. The zero-order valence-electron chi connectivity index (χ0n) is 6.38. The number of carbonyl (C=O) groups excluding carboxylic acids is 2. The van der Waals surface area contributed by atoms with E-state index >= 15 is 0 Å². The first-order valence-electron chi connectivity index (χ1n) is 3.75. The molecule has 0 aromatic carbocycles. The second kappa shape index (κ2) is 4.08. The molecule has 0 radical (unpaired) electrons. The predicted molar refractivity (Wildman–Crippen MR) is 40.1 cm³/mol. The van der Waals surface area contributed by atoms with Crippen molar-refractivity contribution in [3.63, 3.8) is 0 Å². The van der Waals surface area contributed by atoms with Crippen molar-refractivity contribution in [1.29, 1.82) is 0 Å². The van der Waals surface area contributed by atoms with Crippen molar-refractivity contribution in [1.82, 2.24) is 10.2 Å². The molecule has 1 fully saturated rings. The Kier molecular flexibility index (Phi) is 3.04. The van der Waals surface area contributed by atoms with Crippen LogP contribution in [0.3, 0.4) is 0 Å². The minimum absolute atomic E-state index is 0.0575. The van der Waals surface area contributed by atoms with E-state index < -0.39 is 0 Å². The lowest BCUT2D eigenvalue weighted by molar-refractivity contribution is -0.124. The van der Waals surface area contributed by atoms with Gasteiger partial charge in [-0.3, -0.25) is 9.69 Å². The molecule has 0 aromatic heterocycles. The summed E-state index contributed by atoms with van der Waals surface area (Å²) in [7, 11) is 0. The highest BCUT2D eigenvalue weighted by Crippen LogP contribution is 1.93. The van der Waals surface area contributed by atoms with Gasteiger partial charge < -0.3 is 10.1 Å². The Balaban J connectivity index is 2.22. The summed E-state index contributed by atoms with van der Waals surface area (Å²) >= 11 is 0. The summed E-state index contributed by atoms with van der Waals surface area (Å²) < 4.78 is 0. The van der Waals surface area contributed by atoms with Crippen molar-refractivity contribution in [2.75, 3.05) is 26.2 Å². The van der Waals surface area contributed by atoms with E-state index in [1.54, 1.807) is 0 Å². The molecule has 62 valence electrons. The summed E-state index contributed by atoms with van der Waals surface area (Å²) in [6, 6.07) is 0. The summed E-state index contributed by atoms with van der Waals surface area (Å²) in [4.78, 5) is 22.8. The van der Waals surface area contributed by atoms with Gasteiger partial charge in [0.2, 0.25) is 5.91 Å². The molecule has 0 aliphatic carbocycles. The lowest BCUT2D eigenvalue weighted by atomic mass is 10.3. The Morgan fingerprint density at radius 1 is 1.64 bits per heavy atom. The van der Waals surface area contributed by atoms with Gasteiger partial charge in [0.1, 0.15) is 6.29 Å². The van der Waals surface area contributed by atoms with Crippen LogP contribution < -0.4 is 5.32 Å². The first kappa shape index (κ1) is 8.20. The van der Waals surface area contributed by atoms with E-state index in [9.17, 15) is 9.59 Å². The number of aldehydes is 1. The molecule has 1 amide bonds. The van der Waals surface area contributed by atoms with Gasteiger partial charge in [0.05, 0.1) is 6.54 Å². The molecule has 1 aliphatic heterocycles. The maximum absolute atomic E-state index is 10.8. The van der Waals surface area contributed by atoms with Gasteiger partial charge in [0.15, 0.2) is 0 Å². The van der Waals surface area contributed by atoms with Crippen LogP contribution in [0.25, 0.3) is 0 Å². The molecule has 4 nitrogen and oxygen atoms in total. The van der Waals surface area contributed by atoms with Crippen LogP contribution in [0.15, 0.2) is 0 Å². The lowest BCUT2D eigenvalue weighted by Crippen LogP contribution is -2.47. The second-order valence-corrected chi connectivity index (χ2v) is 2.58. The van der Waals surface area contributed by atoms with Crippen LogP contribution in [-0.2, 0) is 9.59 Å². The largest absolute Gasteiger partial charge is 0.354 e. The van der Waals surface area contributed by atoms with E-state index in [1.165, 1.54) is 0 Å². The summed E-state index contributed by atoms with van der Waals surface area (Å²) in [5.41, 5.74) is 0. The molecule has 0 spiro atoms. The topological polar surface area (TPSA) is 49.4 Å².